The molecule has 0 bridgehead atoms. The van der Waals surface area contributed by atoms with E-state index in [-0.39, 0.29) is 5.04 Å². The van der Waals surface area contributed by atoms with Crippen molar-refractivity contribution >= 4 is 35.6 Å². The second kappa shape index (κ2) is 10.1. The molecule has 0 heterocycles. The van der Waals surface area contributed by atoms with Gasteiger partial charge in [0.05, 0.1) is 11.4 Å². The first-order valence-corrected chi connectivity index (χ1v) is 14.5. The van der Waals surface area contributed by atoms with E-state index in [1.165, 1.54) is 5.56 Å². The van der Waals surface area contributed by atoms with Crippen molar-refractivity contribution in [3.8, 4) is 0 Å². The molecular formula is C27H32BrNOSi. The Morgan fingerprint density at radius 1 is 0.871 bits per heavy atom. The average molecular weight is 495 g/mol. The first-order valence-electron chi connectivity index (χ1n) is 10.8. The highest BCUT2D eigenvalue weighted by atomic mass is 79.9. The van der Waals surface area contributed by atoms with E-state index < -0.39 is 8.32 Å². The predicted octanol–water partition coefficient (Wildman–Crippen LogP) is 8.18. The molecule has 0 fully saturated rings. The molecule has 3 aromatic carbocycles. The Morgan fingerprint density at radius 2 is 1.42 bits per heavy atom. The monoisotopic (exact) mass is 493 g/mol. The van der Waals surface area contributed by atoms with Gasteiger partial charge in [-0.3, -0.25) is 0 Å². The van der Waals surface area contributed by atoms with E-state index in [1.54, 1.807) is 0 Å². The van der Waals surface area contributed by atoms with Crippen LogP contribution >= 0.6 is 15.9 Å². The number of halogens is 1. The van der Waals surface area contributed by atoms with Crippen molar-refractivity contribution in [2.75, 3.05) is 6.61 Å². The van der Waals surface area contributed by atoms with Gasteiger partial charge in [0, 0.05) is 22.2 Å². The Hall–Kier alpha value is -2.01. The number of hydrogen-bond donors (Lipinski definition) is 0. The van der Waals surface area contributed by atoms with Crippen LogP contribution in [-0.4, -0.2) is 20.6 Å². The number of aliphatic imine (C=N–C) groups is 1. The normalized spacial score (nSPS) is 11.9. The summed E-state index contributed by atoms with van der Waals surface area (Å²) in [6.07, 6.45) is 0.835. The van der Waals surface area contributed by atoms with Gasteiger partial charge in [-0.05, 0) is 48.3 Å². The summed E-state index contributed by atoms with van der Waals surface area (Å²) in [5.74, 6) is 0. The van der Waals surface area contributed by atoms with Gasteiger partial charge in [0.25, 0.3) is 0 Å². The Labute approximate surface area is 196 Å². The third kappa shape index (κ3) is 6.25. The van der Waals surface area contributed by atoms with Gasteiger partial charge in [0.1, 0.15) is 0 Å². The van der Waals surface area contributed by atoms with E-state index in [1.807, 2.05) is 12.1 Å². The van der Waals surface area contributed by atoms with Crippen molar-refractivity contribution < 1.29 is 4.43 Å². The van der Waals surface area contributed by atoms with Crippen LogP contribution < -0.4 is 0 Å². The molecule has 0 saturated carbocycles. The van der Waals surface area contributed by atoms with Crippen LogP contribution in [0.25, 0.3) is 0 Å². The van der Waals surface area contributed by atoms with E-state index in [0.29, 0.717) is 6.61 Å². The number of nitrogens with zero attached hydrogens (tertiary/aromatic N) is 1. The zero-order valence-electron chi connectivity index (χ0n) is 19.2. The van der Waals surface area contributed by atoms with E-state index >= 15 is 0 Å². The molecule has 0 saturated heterocycles. The standard InChI is InChI=1S/C27H32BrNOSi/c1-27(2,3)31(4,5)30-19-18-23-20-24(28)16-17-25(23)29-26(21-12-8-6-9-13-21)22-14-10-7-11-15-22/h6-17,20H,18-19H2,1-5H3. The van der Waals surface area contributed by atoms with Crippen molar-refractivity contribution in [1.82, 2.24) is 0 Å². The van der Waals surface area contributed by atoms with Crippen molar-refractivity contribution in [1.29, 1.82) is 0 Å². The summed E-state index contributed by atoms with van der Waals surface area (Å²) < 4.78 is 7.51. The maximum Gasteiger partial charge on any atom is 0.191 e. The van der Waals surface area contributed by atoms with Gasteiger partial charge < -0.3 is 4.43 Å². The topological polar surface area (TPSA) is 21.6 Å². The fourth-order valence-electron chi connectivity index (χ4n) is 3.10. The summed E-state index contributed by atoms with van der Waals surface area (Å²) in [6, 6.07) is 27.1. The smallest absolute Gasteiger partial charge is 0.191 e. The summed E-state index contributed by atoms with van der Waals surface area (Å²) >= 11 is 3.63. The lowest BCUT2D eigenvalue weighted by atomic mass is 10.0. The van der Waals surface area contributed by atoms with Crippen LogP contribution in [0.3, 0.4) is 0 Å². The minimum absolute atomic E-state index is 0.207. The van der Waals surface area contributed by atoms with Crippen LogP contribution in [0.5, 0.6) is 0 Å². The van der Waals surface area contributed by atoms with Gasteiger partial charge in [-0.1, -0.05) is 97.4 Å². The Morgan fingerprint density at radius 3 is 1.94 bits per heavy atom. The second-order valence-corrected chi connectivity index (χ2v) is 15.0. The third-order valence-corrected chi connectivity index (χ3v) is 11.0. The molecule has 3 aromatic rings. The minimum Gasteiger partial charge on any atom is -0.416 e. The molecule has 0 atom stereocenters. The van der Waals surface area contributed by atoms with Gasteiger partial charge in [0.15, 0.2) is 8.32 Å². The molecule has 4 heteroatoms. The largest absolute Gasteiger partial charge is 0.416 e. The Balaban J connectivity index is 1.95. The fourth-order valence-corrected chi connectivity index (χ4v) is 4.56. The van der Waals surface area contributed by atoms with E-state index in [4.69, 9.17) is 9.42 Å². The fraction of sp³-hybridized carbons (Fsp3) is 0.296. The highest BCUT2D eigenvalue weighted by molar-refractivity contribution is 9.10. The Bertz CT molecular complexity index is 983. The molecule has 2 nitrogen and oxygen atoms in total. The lowest BCUT2D eigenvalue weighted by molar-refractivity contribution is 0.292. The van der Waals surface area contributed by atoms with Gasteiger partial charge in [-0.25, -0.2) is 4.99 Å². The van der Waals surface area contributed by atoms with Gasteiger partial charge in [-0.15, -0.1) is 0 Å². The summed E-state index contributed by atoms with van der Waals surface area (Å²) in [7, 11) is -1.77. The van der Waals surface area contributed by atoms with E-state index in [0.717, 1.165) is 33.4 Å². The van der Waals surface area contributed by atoms with Crippen LogP contribution in [0.4, 0.5) is 5.69 Å². The molecule has 0 aliphatic heterocycles. The molecule has 31 heavy (non-hydrogen) atoms. The highest BCUT2D eigenvalue weighted by Crippen LogP contribution is 2.37. The van der Waals surface area contributed by atoms with Crippen molar-refractivity contribution in [3.63, 3.8) is 0 Å². The molecule has 0 unspecified atom stereocenters. The van der Waals surface area contributed by atoms with Gasteiger partial charge in [0.2, 0.25) is 0 Å². The van der Waals surface area contributed by atoms with Crippen molar-refractivity contribution in [3.05, 3.63) is 100 Å². The Kier molecular flexibility index (Phi) is 7.68. The zero-order valence-corrected chi connectivity index (χ0v) is 21.7. The molecule has 0 aliphatic rings. The molecule has 3 rings (SSSR count). The maximum atomic E-state index is 6.44. The molecule has 162 valence electrons. The predicted molar refractivity (Wildman–Crippen MR) is 139 cm³/mol. The molecule has 0 amide bonds. The average Bonchev–Trinajstić information content (AvgIpc) is 2.73. The minimum atomic E-state index is -1.77. The molecule has 0 N–H and O–H groups in total. The summed E-state index contributed by atoms with van der Waals surface area (Å²) in [5, 5.41) is 0.207. The molecule has 0 aliphatic carbocycles. The third-order valence-electron chi connectivity index (χ3n) is 6.01. The SMILES string of the molecule is CC(C)(C)[Si](C)(C)OCCc1cc(Br)ccc1N=C(c1ccccc1)c1ccccc1. The number of hydrogen-bond acceptors (Lipinski definition) is 2. The zero-order chi connectivity index (χ0) is 22.5. The molecule has 0 radical (unpaired) electrons. The second-order valence-electron chi connectivity index (χ2n) is 9.32. The quantitative estimate of drug-likeness (QED) is 0.240. The number of rotatable bonds is 7. The highest BCUT2D eigenvalue weighted by Gasteiger charge is 2.36. The molecule has 0 spiro atoms. The molecular weight excluding hydrogens is 462 g/mol. The van der Waals surface area contributed by atoms with Gasteiger partial charge in [-0.2, -0.15) is 0 Å². The summed E-state index contributed by atoms with van der Waals surface area (Å²) in [6.45, 7) is 12.1. The van der Waals surface area contributed by atoms with Crippen LogP contribution in [0.2, 0.25) is 18.1 Å². The van der Waals surface area contributed by atoms with Crippen LogP contribution in [0, 0.1) is 0 Å². The van der Waals surface area contributed by atoms with Crippen LogP contribution in [-0.2, 0) is 10.8 Å². The van der Waals surface area contributed by atoms with E-state index in [9.17, 15) is 0 Å². The first-order chi connectivity index (χ1) is 14.7. The van der Waals surface area contributed by atoms with Gasteiger partial charge >= 0.3 is 0 Å². The lowest BCUT2D eigenvalue weighted by Gasteiger charge is -2.36. The van der Waals surface area contributed by atoms with Crippen LogP contribution in [0.15, 0.2) is 88.3 Å². The lowest BCUT2D eigenvalue weighted by Crippen LogP contribution is -2.41. The first kappa shape index (κ1) is 23.6. The van der Waals surface area contributed by atoms with Crippen molar-refractivity contribution in [2.24, 2.45) is 4.99 Å². The summed E-state index contributed by atoms with van der Waals surface area (Å²) in [4.78, 5) is 5.16. The maximum absolute atomic E-state index is 6.44. The molecule has 0 aromatic heterocycles. The van der Waals surface area contributed by atoms with E-state index in [2.05, 4.69) is 117 Å². The number of benzene rings is 3. The van der Waals surface area contributed by atoms with Crippen molar-refractivity contribution in [2.45, 2.75) is 45.3 Å². The van der Waals surface area contributed by atoms with Crippen LogP contribution in [0.1, 0.15) is 37.5 Å². The summed E-state index contributed by atoms with van der Waals surface area (Å²) in [5.41, 5.74) is 5.39.